The third-order valence-corrected chi connectivity index (χ3v) is 4.19. The quantitative estimate of drug-likeness (QED) is 0.899. The van der Waals surface area contributed by atoms with Gasteiger partial charge in [0.1, 0.15) is 11.5 Å². The summed E-state index contributed by atoms with van der Waals surface area (Å²) < 4.78 is 10.5. The highest BCUT2D eigenvalue weighted by Crippen LogP contribution is 2.38. The third-order valence-electron chi connectivity index (χ3n) is 3.21. The molecular weight excluding hydrogens is 236 g/mol. The molecule has 4 heteroatoms. The van der Waals surface area contributed by atoms with Gasteiger partial charge in [-0.05, 0) is 42.0 Å². The molecular formula is C13H18O3S. The third kappa shape index (κ3) is 2.69. The van der Waals surface area contributed by atoms with Crippen molar-refractivity contribution in [2.45, 2.75) is 18.4 Å². The first-order chi connectivity index (χ1) is 8.18. The van der Waals surface area contributed by atoms with Gasteiger partial charge in [0, 0.05) is 6.07 Å². The van der Waals surface area contributed by atoms with E-state index in [9.17, 15) is 5.11 Å². The van der Waals surface area contributed by atoms with Crippen molar-refractivity contribution in [2.75, 3.05) is 25.7 Å². The van der Waals surface area contributed by atoms with Crippen molar-refractivity contribution in [1.82, 2.24) is 0 Å². The Balaban J connectivity index is 2.35. The average molecular weight is 254 g/mol. The monoisotopic (exact) mass is 254 g/mol. The molecule has 17 heavy (non-hydrogen) atoms. The Kier molecular flexibility index (Phi) is 3.84. The molecule has 0 saturated carbocycles. The number of ether oxygens (including phenoxy) is 2. The Morgan fingerprint density at radius 2 is 1.59 bits per heavy atom. The second kappa shape index (κ2) is 5.19. The number of methoxy groups -OCH3 is 2. The molecule has 1 saturated heterocycles. The summed E-state index contributed by atoms with van der Waals surface area (Å²) in [5, 5.41) is 10.7. The lowest BCUT2D eigenvalue weighted by Gasteiger charge is -2.32. The molecule has 0 radical (unpaired) electrons. The molecule has 0 bridgehead atoms. The van der Waals surface area contributed by atoms with Crippen molar-refractivity contribution >= 4 is 11.8 Å². The van der Waals surface area contributed by atoms with Crippen LogP contribution in [0.2, 0.25) is 0 Å². The normalized spacial score (nSPS) is 18.8. The maximum atomic E-state index is 10.7. The van der Waals surface area contributed by atoms with E-state index in [2.05, 4.69) is 0 Å². The van der Waals surface area contributed by atoms with Gasteiger partial charge < -0.3 is 14.6 Å². The van der Waals surface area contributed by atoms with Crippen LogP contribution in [-0.2, 0) is 5.60 Å². The summed E-state index contributed by atoms with van der Waals surface area (Å²) in [5.41, 5.74) is 0.168. The van der Waals surface area contributed by atoms with Crippen molar-refractivity contribution in [3.63, 3.8) is 0 Å². The summed E-state index contributed by atoms with van der Waals surface area (Å²) in [6.07, 6.45) is 1.57. The molecule has 1 aromatic carbocycles. The summed E-state index contributed by atoms with van der Waals surface area (Å²) in [5.74, 6) is 3.45. The van der Waals surface area contributed by atoms with Crippen molar-refractivity contribution < 1.29 is 14.6 Å². The molecule has 1 aromatic rings. The maximum absolute atomic E-state index is 10.7. The van der Waals surface area contributed by atoms with E-state index in [1.54, 1.807) is 14.2 Å². The highest BCUT2D eigenvalue weighted by atomic mass is 32.2. The fourth-order valence-electron chi connectivity index (χ4n) is 2.07. The van der Waals surface area contributed by atoms with E-state index in [1.807, 2.05) is 30.0 Å². The zero-order valence-corrected chi connectivity index (χ0v) is 11.0. The molecule has 0 atom stereocenters. The Morgan fingerprint density at radius 1 is 1.06 bits per heavy atom. The summed E-state index contributed by atoms with van der Waals surface area (Å²) in [4.78, 5) is 0. The number of benzene rings is 1. The van der Waals surface area contributed by atoms with Gasteiger partial charge in [0.15, 0.2) is 0 Å². The lowest BCUT2D eigenvalue weighted by molar-refractivity contribution is 0.0277. The Labute approximate surface area is 106 Å². The standard InChI is InChI=1S/C13H18O3S/c1-15-11-7-10(8-12(9-11)16-2)13(14)3-5-17-6-4-13/h7-9,14H,3-6H2,1-2H3. The minimum atomic E-state index is -0.729. The summed E-state index contributed by atoms with van der Waals surface area (Å²) in [7, 11) is 3.25. The van der Waals surface area contributed by atoms with Crippen LogP contribution in [0, 0.1) is 0 Å². The number of thioether (sulfide) groups is 1. The predicted octanol–water partition coefficient (Wildman–Crippen LogP) is 2.42. The smallest absolute Gasteiger partial charge is 0.122 e. The van der Waals surface area contributed by atoms with Gasteiger partial charge in [-0.1, -0.05) is 0 Å². The summed E-state index contributed by atoms with van der Waals surface area (Å²) in [6, 6.07) is 5.63. The molecule has 3 nitrogen and oxygen atoms in total. The van der Waals surface area contributed by atoms with Crippen molar-refractivity contribution in [3.8, 4) is 11.5 Å². The predicted molar refractivity (Wildman–Crippen MR) is 70.0 cm³/mol. The van der Waals surface area contributed by atoms with Gasteiger partial charge in [-0.2, -0.15) is 11.8 Å². The lowest BCUT2D eigenvalue weighted by Crippen LogP contribution is -2.30. The SMILES string of the molecule is COc1cc(OC)cc(C2(O)CCSCC2)c1. The number of rotatable bonds is 3. The van der Waals surface area contributed by atoms with E-state index in [4.69, 9.17) is 9.47 Å². The van der Waals surface area contributed by atoms with Crippen LogP contribution in [0.1, 0.15) is 18.4 Å². The molecule has 1 fully saturated rings. The van der Waals surface area contributed by atoms with E-state index in [0.717, 1.165) is 41.4 Å². The molecule has 0 aliphatic carbocycles. The van der Waals surface area contributed by atoms with E-state index in [-0.39, 0.29) is 0 Å². The topological polar surface area (TPSA) is 38.7 Å². The van der Waals surface area contributed by atoms with E-state index in [0.29, 0.717) is 0 Å². The van der Waals surface area contributed by atoms with Gasteiger partial charge >= 0.3 is 0 Å². The van der Waals surface area contributed by atoms with Crippen LogP contribution < -0.4 is 9.47 Å². The largest absolute Gasteiger partial charge is 0.497 e. The minimum absolute atomic E-state index is 0.728. The second-order valence-electron chi connectivity index (χ2n) is 4.25. The van der Waals surface area contributed by atoms with E-state index < -0.39 is 5.60 Å². The van der Waals surface area contributed by atoms with Gasteiger partial charge in [0.25, 0.3) is 0 Å². The zero-order chi connectivity index (χ0) is 12.3. The molecule has 0 amide bonds. The van der Waals surface area contributed by atoms with E-state index in [1.165, 1.54) is 0 Å². The Bertz CT molecular complexity index is 364. The number of hydrogen-bond donors (Lipinski definition) is 1. The van der Waals surface area contributed by atoms with Crippen LogP contribution in [0.25, 0.3) is 0 Å². The lowest BCUT2D eigenvalue weighted by atomic mass is 9.88. The van der Waals surface area contributed by atoms with Crippen molar-refractivity contribution in [1.29, 1.82) is 0 Å². The molecule has 1 N–H and O–H groups in total. The molecule has 94 valence electrons. The Hall–Kier alpha value is -0.870. The molecule has 0 unspecified atom stereocenters. The molecule has 1 heterocycles. The van der Waals surface area contributed by atoms with Crippen LogP contribution in [0.4, 0.5) is 0 Å². The highest BCUT2D eigenvalue weighted by molar-refractivity contribution is 7.99. The van der Waals surface area contributed by atoms with Gasteiger partial charge in [-0.25, -0.2) is 0 Å². The van der Waals surface area contributed by atoms with Gasteiger partial charge in [0.2, 0.25) is 0 Å². The van der Waals surface area contributed by atoms with Crippen LogP contribution in [-0.4, -0.2) is 30.8 Å². The van der Waals surface area contributed by atoms with Gasteiger partial charge in [-0.15, -0.1) is 0 Å². The van der Waals surface area contributed by atoms with Crippen LogP contribution in [0.15, 0.2) is 18.2 Å². The zero-order valence-electron chi connectivity index (χ0n) is 10.2. The van der Waals surface area contributed by atoms with Gasteiger partial charge in [0.05, 0.1) is 19.8 Å². The molecule has 0 aromatic heterocycles. The van der Waals surface area contributed by atoms with Crippen LogP contribution in [0.3, 0.4) is 0 Å². The first-order valence-electron chi connectivity index (χ1n) is 5.71. The van der Waals surface area contributed by atoms with Crippen LogP contribution in [0.5, 0.6) is 11.5 Å². The molecule has 1 aliphatic rings. The maximum Gasteiger partial charge on any atom is 0.122 e. The van der Waals surface area contributed by atoms with Gasteiger partial charge in [-0.3, -0.25) is 0 Å². The van der Waals surface area contributed by atoms with Crippen LogP contribution >= 0.6 is 11.8 Å². The molecule has 1 aliphatic heterocycles. The summed E-state index contributed by atoms with van der Waals surface area (Å²) in [6.45, 7) is 0. The fraction of sp³-hybridized carbons (Fsp3) is 0.538. The number of aliphatic hydroxyl groups is 1. The number of hydrogen-bond acceptors (Lipinski definition) is 4. The molecule has 0 spiro atoms. The minimum Gasteiger partial charge on any atom is -0.497 e. The van der Waals surface area contributed by atoms with E-state index >= 15 is 0 Å². The first kappa shape index (κ1) is 12.6. The average Bonchev–Trinajstić information content (AvgIpc) is 2.39. The first-order valence-corrected chi connectivity index (χ1v) is 6.87. The molecule has 2 rings (SSSR count). The second-order valence-corrected chi connectivity index (χ2v) is 5.47. The fourth-order valence-corrected chi connectivity index (χ4v) is 3.24. The Morgan fingerprint density at radius 3 is 2.06 bits per heavy atom. The highest BCUT2D eigenvalue weighted by Gasteiger charge is 2.32. The van der Waals surface area contributed by atoms with Crippen molar-refractivity contribution in [3.05, 3.63) is 23.8 Å². The summed E-state index contributed by atoms with van der Waals surface area (Å²) >= 11 is 1.89. The van der Waals surface area contributed by atoms with Crippen molar-refractivity contribution in [2.24, 2.45) is 0 Å².